The molecule has 29 heavy (non-hydrogen) atoms. The summed E-state index contributed by atoms with van der Waals surface area (Å²) in [5.74, 6) is 0.837. The first kappa shape index (κ1) is 18.0. The van der Waals surface area contributed by atoms with Crippen molar-refractivity contribution in [3.05, 3.63) is 64.6 Å². The van der Waals surface area contributed by atoms with Crippen LogP contribution in [0.2, 0.25) is 0 Å². The first-order valence-electron chi connectivity index (χ1n) is 9.78. The zero-order valence-corrected chi connectivity index (χ0v) is 16.1. The molecule has 1 saturated heterocycles. The Kier molecular flexibility index (Phi) is 4.38. The van der Waals surface area contributed by atoms with Gasteiger partial charge in [0.25, 0.3) is 0 Å². The number of nitrogens with one attached hydrogen (secondary N) is 1. The van der Waals surface area contributed by atoms with Crippen LogP contribution in [0.3, 0.4) is 0 Å². The number of rotatable bonds is 3. The van der Waals surface area contributed by atoms with Crippen LogP contribution in [0, 0.1) is 6.92 Å². The predicted octanol–water partition coefficient (Wildman–Crippen LogP) is 1.85. The average Bonchev–Trinajstić information content (AvgIpc) is 3.27. The van der Waals surface area contributed by atoms with Crippen LogP contribution in [0.25, 0.3) is 17.0 Å². The molecule has 2 aliphatic heterocycles. The van der Waals surface area contributed by atoms with Crippen molar-refractivity contribution in [3.63, 3.8) is 0 Å². The standard InChI is InChI=1S/C23H21NO5/c1-14-10-18(25)17(13-24-6-8-27-9-7-24)23-21(14)22(26)20(29-23)12-16-11-15-4-2-3-5-19(15)28-16/h2-5,10-12,25H,6-9,13H2,1H3/b20-12-. The molecule has 1 aromatic heterocycles. The number of para-hydroxylation sites is 1. The second kappa shape index (κ2) is 7.06. The number of benzene rings is 2. The molecular formula is C23H21NO5. The molecule has 5 rings (SSSR count). The molecule has 1 N–H and O–H groups in total. The highest BCUT2D eigenvalue weighted by Crippen LogP contribution is 2.40. The van der Waals surface area contributed by atoms with Gasteiger partial charge in [0.05, 0.1) is 18.8 Å². The van der Waals surface area contributed by atoms with Gasteiger partial charge in [-0.3, -0.25) is 4.79 Å². The van der Waals surface area contributed by atoms with Crippen LogP contribution in [-0.4, -0.2) is 32.1 Å². The van der Waals surface area contributed by atoms with Crippen LogP contribution in [0.5, 0.6) is 11.5 Å². The Hall–Kier alpha value is -3.09. The monoisotopic (exact) mass is 391 g/mol. The summed E-state index contributed by atoms with van der Waals surface area (Å²) in [5, 5.41) is 13.6. The summed E-state index contributed by atoms with van der Waals surface area (Å²) < 4.78 is 17.2. The Morgan fingerprint density at radius 2 is 1.97 bits per heavy atom. The van der Waals surface area contributed by atoms with Gasteiger partial charge in [0.2, 0.25) is 5.78 Å². The summed E-state index contributed by atoms with van der Waals surface area (Å²) >= 11 is 0. The largest absolute Gasteiger partial charge is 0.872 e. The summed E-state index contributed by atoms with van der Waals surface area (Å²) in [6, 6.07) is 11.1. The van der Waals surface area contributed by atoms with Gasteiger partial charge in [0, 0.05) is 17.0 Å². The minimum atomic E-state index is -0.212. The third-order valence-electron chi connectivity index (χ3n) is 5.55. The van der Waals surface area contributed by atoms with E-state index in [1.807, 2.05) is 30.3 Å². The molecule has 0 radical (unpaired) electrons. The van der Waals surface area contributed by atoms with E-state index < -0.39 is 0 Å². The molecule has 0 amide bonds. The number of morpholine rings is 1. The quantitative estimate of drug-likeness (QED) is 0.690. The predicted molar refractivity (Wildman–Crippen MR) is 105 cm³/mol. The Morgan fingerprint density at radius 3 is 2.76 bits per heavy atom. The van der Waals surface area contributed by atoms with E-state index in [-0.39, 0.29) is 17.3 Å². The lowest BCUT2D eigenvalue weighted by Gasteiger charge is -2.26. The number of carbonyl (C=O) groups excluding carboxylic acids is 1. The third-order valence-corrected chi connectivity index (χ3v) is 5.55. The highest BCUT2D eigenvalue weighted by atomic mass is 16.5. The van der Waals surface area contributed by atoms with Crippen molar-refractivity contribution >= 4 is 22.8 Å². The highest BCUT2D eigenvalue weighted by molar-refractivity contribution is 6.15. The number of carbonyl (C=O) groups is 1. The summed E-state index contributed by atoms with van der Waals surface area (Å²) in [6.07, 6.45) is 1.61. The van der Waals surface area contributed by atoms with Crippen molar-refractivity contribution in [2.24, 2.45) is 0 Å². The molecule has 6 heteroatoms. The number of hydrogen-bond donors (Lipinski definition) is 1. The molecule has 1 fully saturated rings. The lowest BCUT2D eigenvalue weighted by molar-refractivity contribution is -0.921. The Bertz CT molecular complexity index is 1100. The van der Waals surface area contributed by atoms with Gasteiger partial charge in [-0.15, -0.1) is 0 Å². The molecule has 2 aromatic carbocycles. The molecule has 3 heterocycles. The maximum Gasteiger partial charge on any atom is 0.232 e. The summed E-state index contributed by atoms with van der Waals surface area (Å²) in [6.45, 7) is 5.31. The fourth-order valence-corrected chi connectivity index (χ4v) is 4.02. The number of ether oxygens (including phenoxy) is 2. The van der Waals surface area contributed by atoms with E-state index in [9.17, 15) is 9.90 Å². The van der Waals surface area contributed by atoms with Crippen LogP contribution >= 0.6 is 0 Å². The smallest absolute Gasteiger partial charge is 0.232 e. The fourth-order valence-electron chi connectivity index (χ4n) is 4.02. The third kappa shape index (κ3) is 3.20. The average molecular weight is 391 g/mol. The van der Waals surface area contributed by atoms with E-state index in [2.05, 4.69) is 0 Å². The molecule has 148 valence electrons. The van der Waals surface area contributed by atoms with Gasteiger partial charge in [0.1, 0.15) is 36.7 Å². The van der Waals surface area contributed by atoms with E-state index in [4.69, 9.17) is 13.9 Å². The maximum atomic E-state index is 13.0. The SMILES string of the molecule is Cc1cc([O-])c(C[NH+]2CCOCC2)c2c1C(=O)/C(=C/c1cc3ccccc3o1)O2. The van der Waals surface area contributed by atoms with Crippen molar-refractivity contribution in [1.82, 2.24) is 0 Å². The van der Waals surface area contributed by atoms with E-state index in [0.29, 0.717) is 48.0 Å². The van der Waals surface area contributed by atoms with Crippen molar-refractivity contribution in [2.45, 2.75) is 13.5 Å². The van der Waals surface area contributed by atoms with Gasteiger partial charge in [0.15, 0.2) is 5.76 Å². The molecule has 6 nitrogen and oxygen atoms in total. The normalized spacial score (nSPS) is 18.4. The number of fused-ring (bicyclic) bond motifs is 2. The summed E-state index contributed by atoms with van der Waals surface area (Å²) in [5.41, 5.74) is 2.43. The lowest BCUT2D eigenvalue weighted by atomic mass is 9.99. The Morgan fingerprint density at radius 1 is 1.17 bits per heavy atom. The van der Waals surface area contributed by atoms with Gasteiger partial charge in [-0.25, -0.2) is 0 Å². The van der Waals surface area contributed by atoms with Crippen LogP contribution in [0.15, 0.2) is 46.6 Å². The van der Waals surface area contributed by atoms with Gasteiger partial charge in [-0.2, -0.15) is 0 Å². The first-order valence-corrected chi connectivity index (χ1v) is 9.78. The molecule has 2 aliphatic rings. The lowest BCUT2D eigenvalue weighted by Crippen LogP contribution is -3.12. The molecule has 0 aliphatic carbocycles. The minimum Gasteiger partial charge on any atom is -0.872 e. The van der Waals surface area contributed by atoms with Crippen LogP contribution in [-0.2, 0) is 11.3 Å². The van der Waals surface area contributed by atoms with Gasteiger partial charge in [-0.05, 0) is 24.6 Å². The van der Waals surface area contributed by atoms with Gasteiger partial charge >= 0.3 is 0 Å². The number of quaternary nitrogens is 1. The Labute approximate surface area is 167 Å². The molecule has 0 spiro atoms. The van der Waals surface area contributed by atoms with Crippen molar-refractivity contribution in [2.75, 3.05) is 26.3 Å². The molecule has 0 unspecified atom stereocenters. The fraction of sp³-hybridized carbons (Fsp3) is 0.261. The number of allylic oxidation sites excluding steroid dienone is 1. The van der Waals surface area contributed by atoms with E-state index in [1.54, 1.807) is 19.1 Å². The number of ketones is 1. The summed E-state index contributed by atoms with van der Waals surface area (Å²) in [4.78, 5) is 14.3. The summed E-state index contributed by atoms with van der Waals surface area (Å²) in [7, 11) is 0. The van der Waals surface area contributed by atoms with E-state index in [1.165, 1.54) is 4.90 Å². The van der Waals surface area contributed by atoms with E-state index in [0.717, 1.165) is 24.1 Å². The van der Waals surface area contributed by atoms with Crippen molar-refractivity contribution < 1.29 is 28.7 Å². The van der Waals surface area contributed by atoms with Crippen LogP contribution < -0.4 is 14.7 Å². The topological polar surface area (TPSA) is 76.2 Å². The number of hydrogen-bond acceptors (Lipinski definition) is 5. The second-order valence-corrected chi connectivity index (χ2v) is 7.54. The van der Waals surface area contributed by atoms with Crippen molar-refractivity contribution in [3.8, 4) is 11.5 Å². The van der Waals surface area contributed by atoms with Crippen LogP contribution in [0.4, 0.5) is 0 Å². The number of furan rings is 1. The molecule has 0 atom stereocenters. The number of aryl methyl sites for hydroxylation is 1. The minimum absolute atomic E-state index is 0.0852. The first-order chi connectivity index (χ1) is 14.1. The second-order valence-electron chi connectivity index (χ2n) is 7.54. The Balaban J connectivity index is 1.52. The molecule has 3 aromatic rings. The van der Waals surface area contributed by atoms with E-state index >= 15 is 0 Å². The molecule has 0 bridgehead atoms. The highest BCUT2D eigenvalue weighted by Gasteiger charge is 2.33. The molecular weight excluding hydrogens is 370 g/mol. The zero-order valence-electron chi connectivity index (χ0n) is 16.1. The van der Waals surface area contributed by atoms with Crippen molar-refractivity contribution in [1.29, 1.82) is 0 Å². The zero-order chi connectivity index (χ0) is 20.0. The maximum absolute atomic E-state index is 13.0. The van der Waals surface area contributed by atoms with Crippen LogP contribution in [0.1, 0.15) is 27.2 Å². The number of Topliss-reactive ketones (excluding diaryl/α,β-unsaturated/α-hetero) is 1. The van der Waals surface area contributed by atoms with Gasteiger partial charge in [-0.1, -0.05) is 30.0 Å². The molecule has 0 saturated carbocycles. The van der Waals surface area contributed by atoms with Gasteiger partial charge < -0.3 is 23.9 Å².